The van der Waals surface area contributed by atoms with E-state index in [4.69, 9.17) is 23.2 Å². The van der Waals surface area contributed by atoms with Crippen molar-refractivity contribution in [2.75, 3.05) is 7.05 Å². The summed E-state index contributed by atoms with van der Waals surface area (Å²) < 4.78 is 27.9. The Morgan fingerprint density at radius 2 is 1.85 bits per heavy atom. The molecule has 1 unspecified atom stereocenters. The lowest BCUT2D eigenvalue weighted by Gasteiger charge is -2.31. The number of halogens is 2. The fourth-order valence-corrected chi connectivity index (χ4v) is 4.64. The summed E-state index contributed by atoms with van der Waals surface area (Å²) >= 11 is 11.9. The summed E-state index contributed by atoms with van der Waals surface area (Å²) in [5.41, 5.74) is -0.524. The molecule has 27 heavy (non-hydrogen) atoms. The van der Waals surface area contributed by atoms with E-state index in [0.717, 1.165) is 5.56 Å². The third-order valence-electron chi connectivity index (χ3n) is 4.68. The van der Waals surface area contributed by atoms with Gasteiger partial charge in [-0.15, -0.1) is 0 Å². The molecule has 2 aromatic carbocycles. The van der Waals surface area contributed by atoms with Crippen LogP contribution in [0.2, 0.25) is 10.0 Å². The number of aliphatic hydroxyl groups is 1. The molecular weight excluding hydrogens is 411 g/mol. The van der Waals surface area contributed by atoms with E-state index in [0.29, 0.717) is 10.6 Å². The number of carbonyl (C=O) groups is 1. The van der Waals surface area contributed by atoms with E-state index in [1.807, 2.05) is 0 Å². The predicted octanol–water partition coefficient (Wildman–Crippen LogP) is 2.87. The zero-order valence-corrected chi connectivity index (χ0v) is 16.8. The van der Waals surface area contributed by atoms with Gasteiger partial charge < -0.3 is 10.0 Å². The monoisotopic (exact) mass is 428 g/mol. The third kappa shape index (κ3) is 3.97. The van der Waals surface area contributed by atoms with Gasteiger partial charge in [-0.1, -0.05) is 41.4 Å². The fraction of sp³-hybridized carbons (Fsp3) is 0.278. The molecule has 0 aliphatic carbocycles. The number of rotatable bonds is 5. The lowest BCUT2D eigenvalue weighted by atomic mass is 10.0. The Hall–Kier alpha value is -1.64. The van der Waals surface area contributed by atoms with Crippen LogP contribution in [-0.2, 0) is 27.1 Å². The van der Waals surface area contributed by atoms with E-state index < -0.39 is 15.7 Å². The van der Waals surface area contributed by atoms with Gasteiger partial charge in [0.05, 0.1) is 5.02 Å². The highest BCUT2D eigenvalue weighted by molar-refractivity contribution is 7.89. The predicted molar refractivity (Wildman–Crippen MR) is 103 cm³/mol. The molecule has 3 rings (SSSR count). The van der Waals surface area contributed by atoms with E-state index >= 15 is 0 Å². The van der Waals surface area contributed by atoms with Gasteiger partial charge in [-0.2, -0.15) is 0 Å². The Morgan fingerprint density at radius 3 is 2.44 bits per heavy atom. The number of nitrogens with zero attached hydrogens (tertiary/aromatic N) is 1. The van der Waals surface area contributed by atoms with Crippen molar-refractivity contribution in [2.24, 2.45) is 0 Å². The van der Waals surface area contributed by atoms with Crippen LogP contribution in [0.25, 0.3) is 0 Å². The summed E-state index contributed by atoms with van der Waals surface area (Å²) in [6.45, 7) is 0.0582. The summed E-state index contributed by atoms with van der Waals surface area (Å²) in [4.78, 5) is 12.9. The highest BCUT2D eigenvalue weighted by atomic mass is 35.5. The maximum absolute atomic E-state index is 12.7. The third-order valence-corrected chi connectivity index (χ3v) is 6.81. The van der Waals surface area contributed by atoms with Crippen molar-refractivity contribution in [1.82, 2.24) is 9.62 Å². The maximum Gasteiger partial charge on any atom is 0.242 e. The number of hydrogen-bond acceptors (Lipinski definition) is 4. The standard InChI is InChI=1S/C18H18Cl2N2O4S/c1-22-17(23)8-9-18(22,24)13-4-7-15(20)16(10-13)27(25,26)21-11-12-2-5-14(19)6-3-12/h2-7,10,21,24H,8-9,11H2,1H3. The van der Waals surface area contributed by atoms with Crippen molar-refractivity contribution in [3.8, 4) is 0 Å². The molecule has 0 aromatic heterocycles. The topological polar surface area (TPSA) is 86.7 Å². The Morgan fingerprint density at radius 1 is 1.19 bits per heavy atom. The normalized spacial score (nSPS) is 20.3. The molecule has 0 radical (unpaired) electrons. The van der Waals surface area contributed by atoms with Crippen molar-refractivity contribution in [2.45, 2.75) is 30.0 Å². The minimum atomic E-state index is -3.94. The quantitative estimate of drug-likeness (QED) is 0.766. The fourth-order valence-electron chi connectivity index (χ4n) is 2.98. The first-order chi connectivity index (χ1) is 12.6. The van der Waals surface area contributed by atoms with Crippen LogP contribution in [0.1, 0.15) is 24.0 Å². The minimum Gasteiger partial charge on any atom is -0.367 e. The molecule has 1 aliphatic heterocycles. The van der Waals surface area contributed by atoms with E-state index in [1.165, 1.54) is 30.1 Å². The van der Waals surface area contributed by atoms with Crippen LogP contribution in [0.4, 0.5) is 0 Å². The van der Waals surface area contributed by atoms with E-state index in [1.54, 1.807) is 24.3 Å². The number of nitrogens with one attached hydrogen (secondary N) is 1. The molecule has 2 aromatic rings. The van der Waals surface area contributed by atoms with Gasteiger partial charge in [0.25, 0.3) is 0 Å². The molecule has 6 nitrogen and oxygen atoms in total. The first kappa shape index (κ1) is 20.1. The van der Waals surface area contributed by atoms with Crippen LogP contribution in [0, 0.1) is 0 Å². The van der Waals surface area contributed by atoms with Gasteiger partial charge in [-0.3, -0.25) is 4.79 Å². The Labute approximate surface area is 167 Å². The molecule has 1 saturated heterocycles. The summed E-state index contributed by atoms with van der Waals surface area (Å²) in [6, 6.07) is 11.0. The van der Waals surface area contributed by atoms with Crippen LogP contribution in [0.5, 0.6) is 0 Å². The van der Waals surface area contributed by atoms with Gasteiger partial charge in [-0.25, -0.2) is 13.1 Å². The van der Waals surface area contributed by atoms with Crippen molar-refractivity contribution in [1.29, 1.82) is 0 Å². The summed E-state index contributed by atoms with van der Waals surface area (Å²) in [5, 5.41) is 11.4. The Bertz CT molecular complexity index is 979. The average Bonchev–Trinajstić information content (AvgIpc) is 2.90. The molecule has 2 N–H and O–H groups in total. The van der Waals surface area contributed by atoms with E-state index in [9.17, 15) is 18.3 Å². The Kier molecular flexibility index (Phi) is 5.52. The highest BCUT2D eigenvalue weighted by Crippen LogP contribution is 2.38. The molecule has 0 saturated carbocycles. The first-order valence-corrected chi connectivity index (χ1v) is 10.4. The summed E-state index contributed by atoms with van der Waals surface area (Å²) in [5.74, 6) is -0.210. The van der Waals surface area contributed by atoms with Gasteiger partial charge in [0.15, 0.2) is 5.72 Å². The average molecular weight is 429 g/mol. The van der Waals surface area contributed by atoms with Crippen LogP contribution in [0.15, 0.2) is 47.4 Å². The van der Waals surface area contributed by atoms with Crippen molar-refractivity contribution in [3.05, 3.63) is 63.6 Å². The molecule has 1 heterocycles. The van der Waals surface area contributed by atoms with Gasteiger partial charge in [-0.05, 0) is 29.8 Å². The first-order valence-electron chi connectivity index (χ1n) is 8.17. The van der Waals surface area contributed by atoms with Crippen LogP contribution in [0.3, 0.4) is 0 Å². The highest BCUT2D eigenvalue weighted by Gasteiger charge is 2.43. The second-order valence-corrected chi connectivity index (χ2v) is 8.94. The number of sulfonamides is 1. The molecule has 1 amide bonds. The molecule has 1 aliphatic rings. The number of hydrogen-bond donors (Lipinski definition) is 2. The molecule has 0 bridgehead atoms. The number of carbonyl (C=O) groups excluding carboxylic acids is 1. The van der Waals surface area contributed by atoms with Crippen molar-refractivity contribution >= 4 is 39.1 Å². The summed E-state index contributed by atoms with van der Waals surface area (Å²) in [6.07, 6.45) is 0.369. The zero-order valence-electron chi connectivity index (χ0n) is 14.4. The second-order valence-electron chi connectivity index (χ2n) is 6.37. The lowest BCUT2D eigenvalue weighted by Crippen LogP contribution is -2.40. The van der Waals surface area contributed by atoms with Crippen LogP contribution in [-0.4, -0.2) is 31.4 Å². The molecule has 9 heteroatoms. The van der Waals surface area contributed by atoms with Crippen LogP contribution < -0.4 is 4.72 Å². The molecule has 1 atom stereocenters. The second kappa shape index (κ2) is 7.41. The Balaban J connectivity index is 1.89. The molecule has 1 fully saturated rings. The molecular formula is C18H18Cl2N2O4S. The van der Waals surface area contributed by atoms with Gasteiger partial charge in [0.1, 0.15) is 4.90 Å². The number of benzene rings is 2. The number of likely N-dealkylation sites (tertiary alicyclic amines) is 1. The maximum atomic E-state index is 12.7. The van der Waals surface area contributed by atoms with Crippen molar-refractivity contribution < 1.29 is 18.3 Å². The largest absolute Gasteiger partial charge is 0.367 e. The van der Waals surface area contributed by atoms with Crippen molar-refractivity contribution in [3.63, 3.8) is 0 Å². The SMILES string of the molecule is CN1C(=O)CCC1(O)c1ccc(Cl)c(S(=O)(=O)NCc2ccc(Cl)cc2)c1. The molecule has 144 valence electrons. The number of amides is 1. The van der Waals surface area contributed by atoms with E-state index in [2.05, 4.69) is 4.72 Å². The van der Waals surface area contributed by atoms with Gasteiger partial charge in [0, 0.05) is 37.0 Å². The van der Waals surface area contributed by atoms with Crippen LogP contribution >= 0.6 is 23.2 Å². The van der Waals surface area contributed by atoms with Gasteiger partial charge in [0.2, 0.25) is 15.9 Å². The molecule has 0 spiro atoms. The lowest BCUT2D eigenvalue weighted by molar-refractivity contribution is -0.142. The zero-order chi connectivity index (χ0) is 19.8. The van der Waals surface area contributed by atoms with E-state index in [-0.39, 0.29) is 35.2 Å². The smallest absolute Gasteiger partial charge is 0.242 e. The minimum absolute atomic E-state index is 0.0259. The van der Waals surface area contributed by atoms with Gasteiger partial charge >= 0.3 is 0 Å². The summed E-state index contributed by atoms with van der Waals surface area (Å²) in [7, 11) is -2.46.